The van der Waals surface area contributed by atoms with Crippen LogP contribution in [-0.2, 0) is 10.8 Å². The average Bonchev–Trinajstić information content (AvgIpc) is 3.07. The van der Waals surface area contributed by atoms with E-state index in [4.69, 9.17) is 0 Å². The van der Waals surface area contributed by atoms with Gasteiger partial charge in [-0.05, 0) is 124 Å². The molecule has 9 rings (SSSR count). The van der Waals surface area contributed by atoms with Crippen LogP contribution in [0.25, 0.3) is 11.1 Å². The Balaban J connectivity index is 0.000000142. The highest BCUT2D eigenvalue weighted by Crippen LogP contribution is 2.65. The lowest BCUT2D eigenvalue weighted by Crippen LogP contribution is -2.56. The Morgan fingerprint density at radius 3 is 0.980 bits per heavy atom. The fraction of sp³-hybridized carbons (Fsp3) is 0.388. The van der Waals surface area contributed by atoms with Gasteiger partial charge in [0, 0.05) is 5.41 Å². The molecular formula is C49H58. The molecule has 0 nitrogen and oxygen atoms in total. The molecule has 5 aromatic carbocycles. The summed E-state index contributed by atoms with van der Waals surface area (Å²) in [7, 11) is 0. The van der Waals surface area contributed by atoms with Gasteiger partial charge in [0.1, 0.15) is 0 Å². The Kier molecular flexibility index (Phi) is 10.4. The first kappa shape index (κ1) is 34.9. The Bertz CT molecular complexity index is 1660. The molecule has 0 spiro atoms. The van der Waals surface area contributed by atoms with E-state index in [2.05, 4.69) is 177 Å². The van der Waals surface area contributed by atoms with Gasteiger partial charge in [-0.3, -0.25) is 0 Å². The fourth-order valence-corrected chi connectivity index (χ4v) is 9.24. The van der Waals surface area contributed by atoms with Gasteiger partial charge in [0.05, 0.1) is 0 Å². The van der Waals surface area contributed by atoms with Crippen LogP contribution in [0.5, 0.6) is 0 Å². The first-order chi connectivity index (χ1) is 23.4. The van der Waals surface area contributed by atoms with Crippen molar-refractivity contribution in [2.75, 3.05) is 0 Å². The van der Waals surface area contributed by atoms with E-state index in [9.17, 15) is 0 Å². The SMILES string of the molecule is Cc1ccc(-c2ccc(C)cc2)cc1.Cc1ccc(C(C)(C)C)cc1.Cc1ccc(C2(c3ccc(C)cc3)C3CC4CC(C3)CC2C4)cc1. The molecule has 0 aromatic heterocycles. The summed E-state index contributed by atoms with van der Waals surface area (Å²) in [6.45, 7) is 17.5. The maximum absolute atomic E-state index is 2.44. The molecule has 0 heteroatoms. The maximum atomic E-state index is 2.44. The Morgan fingerprint density at radius 2 is 0.673 bits per heavy atom. The van der Waals surface area contributed by atoms with Gasteiger partial charge in [-0.25, -0.2) is 0 Å². The van der Waals surface area contributed by atoms with Crippen molar-refractivity contribution in [3.8, 4) is 11.1 Å². The molecule has 254 valence electrons. The maximum Gasteiger partial charge on any atom is 0.0259 e. The summed E-state index contributed by atoms with van der Waals surface area (Å²) in [6, 6.07) is 45.1. The van der Waals surface area contributed by atoms with Gasteiger partial charge in [-0.15, -0.1) is 0 Å². The summed E-state index contributed by atoms with van der Waals surface area (Å²) in [5.74, 6) is 3.71. The normalized spacial score (nSPS) is 21.6. The van der Waals surface area contributed by atoms with Crippen molar-refractivity contribution >= 4 is 0 Å². The minimum atomic E-state index is 0.273. The van der Waals surface area contributed by atoms with Gasteiger partial charge in [0.15, 0.2) is 0 Å². The van der Waals surface area contributed by atoms with Gasteiger partial charge in [0.25, 0.3) is 0 Å². The van der Waals surface area contributed by atoms with Crippen LogP contribution in [-0.4, -0.2) is 0 Å². The molecule has 4 aliphatic rings. The molecule has 0 aliphatic heterocycles. The molecular weight excluding hydrogens is 589 g/mol. The molecule has 0 unspecified atom stereocenters. The Labute approximate surface area is 298 Å². The van der Waals surface area contributed by atoms with Crippen LogP contribution in [0, 0.1) is 58.3 Å². The summed E-state index contributed by atoms with van der Waals surface area (Å²) >= 11 is 0. The standard InChI is InChI=1S/C24H28.C14H14.C11H16/c1-16-3-7-20(8-4-16)24(21-9-5-17(2)6-10-21)22-12-18-11-19(14-22)15-23(24)13-18;1-11-3-7-13(8-4-11)14-9-5-12(2)6-10-14;1-9-5-7-10(8-6-9)11(2,3)4/h3-10,18-19,22-23H,11-15H2,1-2H3;3-10H,1-2H3;5-8H,1-4H3. The Hall–Kier alpha value is -3.90. The highest BCUT2D eigenvalue weighted by atomic mass is 14.6. The van der Waals surface area contributed by atoms with E-state index in [1.165, 1.54) is 76.6 Å². The molecule has 0 amide bonds. The fourth-order valence-electron chi connectivity index (χ4n) is 9.24. The molecule has 4 aliphatic carbocycles. The van der Waals surface area contributed by atoms with Gasteiger partial charge in [-0.2, -0.15) is 0 Å². The lowest BCUT2D eigenvalue weighted by Gasteiger charge is -2.62. The summed E-state index contributed by atoms with van der Waals surface area (Å²) in [5, 5.41) is 0. The van der Waals surface area contributed by atoms with Gasteiger partial charge in [0.2, 0.25) is 0 Å². The lowest BCUT2D eigenvalue weighted by molar-refractivity contribution is -0.0418. The van der Waals surface area contributed by atoms with Crippen LogP contribution in [0.15, 0.2) is 121 Å². The van der Waals surface area contributed by atoms with Crippen LogP contribution in [0.4, 0.5) is 0 Å². The summed E-state index contributed by atoms with van der Waals surface area (Å²) in [5.41, 5.74) is 14.4. The van der Waals surface area contributed by atoms with Crippen molar-refractivity contribution < 1.29 is 0 Å². The molecule has 0 saturated heterocycles. The summed E-state index contributed by atoms with van der Waals surface area (Å²) in [6.07, 6.45) is 7.33. The minimum absolute atomic E-state index is 0.273. The van der Waals surface area contributed by atoms with E-state index in [1.807, 2.05) is 0 Å². The van der Waals surface area contributed by atoms with Crippen molar-refractivity contribution in [2.24, 2.45) is 23.7 Å². The predicted molar refractivity (Wildman–Crippen MR) is 211 cm³/mol. The summed E-state index contributed by atoms with van der Waals surface area (Å²) < 4.78 is 0. The molecule has 0 N–H and O–H groups in total. The van der Waals surface area contributed by atoms with E-state index in [-0.39, 0.29) is 10.8 Å². The van der Waals surface area contributed by atoms with E-state index < -0.39 is 0 Å². The second kappa shape index (κ2) is 14.5. The number of hydrogen-bond donors (Lipinski definition) is 0. The van der Waals surface area contributed by atoms with Crippen LogP contribution in [0.1, 0.15) is 97.4 Å². The number of aryl methyl sites for hydroxylation is 5. The smallest absolute Gasteiger partial charge is 0.0259 e. The van der Waals surface area contributed by atoms with Gasteiger partial charge >= 0.3 is 0 Å². The van der Waals surface area contributed by atoms with E-state index in [0.717, 1.165) is 23.7 Å². The van der Waals surface area contributed by atoms with E-state index >= 15 is 0 Å². The average molecular weight is 647 g/mol. The highest BCUT2D eigenvalue weighted by Gasteiger charge is 2.58. The molecule has 0 heterocycles. The zero-order valence-electron chi connectivity index (χ0n) is 31.4. The van der Waals surface area contributed by atoms with Crippen molar-refractivity contribution in [3.05, 3.63) is 166 Å². The quantitative estimate of drug-likeness (QED) is 0.183. The van der Waals surface area contributed by atoms with Crippen LogP contribution in [0.3, 0.4) is 0 Å². The van der Waals surface area contributed by atoms with Crippen molar-refractivity contribution in [3.63, 3.8) is 0 Å². The third-order valence-corrected chi connectivity index (χ3v) is 11.8. The third kappa shape index (κ3) is 7.80. The largest absolute Gasteiger partial charge is 0.0590 e. The molecule has 0 radical (unpaired) electrons. The van der Waals surface area contributed by atoms with Crippen LogP contribution >= 0.6 is 0 Å². The Morgan fingerprint density at radius 1 is 0.388 bits per heavy atom. The van der Waals surface area contributed by atoms with Crippen LogP contribution < -0.4 is 0 Å². The zero-order valence-corrected chi connectivity index (χ0v) is 31.4. The van der Waals surface area contributed by atoms with E-state index in [1.54, 1.807) is 11.1 Å². The molecule has 4 bridgehead atoms. The first-order valence-corrected chi connectivity index (χ1v) is 18.8. The zero-order chi connectivity index (χ0) is 34.8. The lowest BCUT2D eigenvalue weighted by atomic mass is 9.42. The molecule has 4 saturated carbocycles. The number of rotatable bonds is 3. The molecule has 5 aromatic rings. The highest BCUT2D eigenvalue weighted by molar-refractivity contribution is 5.63. The second-order valence-electron chi connectivity index (χ2n) is 16.8. The topological polar surface area (TPSA) is 0 Å². The molecule has 0 atom stereocenters. The van der Waals surface area contributed by atoms with Crippen LogP contribution in [0.2, 0.25) is 0 Å². The second-order valence-corrected chi connectivity index (χ2v) is 16.8. The first-order valence-electron chi connectivity index (χ1n) is 18.8. The predicted octanol–water partition coefficient (Wildman–Crippen LogP) is 13.3. The van der Waals surface area contributed by atoms with Crippen molar-refractivity contribution in [2.45, 2.75) is 98.3 Å². The minimum Gasteiger partial charge on any atom is -0.0590 e. The number of benzene rings is 5. The van der Waals surface area contributed by atoms with Crippen molar-refractivity contribution in [1.29, 1.82) is 0 Å². The third-order valence-electron chi connectivity index (χ3n) is 11.8. The monoisotopic (exact) mass is 646 g/mol. The summed E-state index contributed by atoms with van der Waals surface area (Å²) in [4.78, 5) is 0. The number of hydrogen-bond acceptors (Lipinski definition) is 0. The molecule has 4 fully saturated rings. The van der Waals surface area contributed by atoms with Gasteiger partial charge in [-0.1, -0.05) is 170 Å². The van der Waals surface area contributed by atoms with E-state index in [0.29, 0.717) is 0 Å². The van der Waals surface area contributed by atoms with Crippen molar-refractivity contribution in [1.82, 2.24) is 0 Å². The van der Waals surface area contributed by atoms with Gasteiger partial charge < -0.3 is 0 Å². The molecule has 49 heavy (non-hydrogen) atoms.